The van der Waals surface area contributed by atoms with Gasteiger partial charge in [-0.25, -0.2) is 9.97 Å². The van der Waals surface area contributed by atoms with Crippen molar-refractivity contribution >= 4 is 39.3 Å². The van der Waals surface area contributed by atoms with E-state index in [0.29, 0.717) is 6.61 Å². The zero-order valence-electron chi connectivity index (χ0n) is 12.9. The van der Waals surface area contributed by atoms with Crippen LogP contribution in [0.2, 0.25) is 0 Å². The van der Waals surface area contributed by atoms with Crippen LogP contribution < -0.4 is 0 Å². The Morgan fingerprint density at radius 1 is 1.41 bits per heavy atom. The minimum Gasteiger partial charge on any atom is -0.465 e. The van der Waals surface area contributed by atoms with E-state index in [1.807, 2.05) is 13.8 Å². The van der Waals surface area contributed by atoms with Gasteiger partial charge in [-0.15, -0.1) is 11.3 Å². The van der Waals surface area contributed by atoms with Gasteiger partial charge in [-0.1, -0.05) is 18.7 Å². The Bertz CT molecular complexity index is 684. The van der Waals surface area contributed by atoms with E-state index in [4.69, 9.17) is 4.74 Å². The highest BCUT2D eigenvalue weighted by Gasteiger charge is 2.23. The third-order valence-electron chi connectivity index (χ3n) is 3.79. The molecule has 4 nitrogen and oxygen atoms in total. The molecule has 0 unspecified atom stereocenters. The molecule has 0 bridgehead atoms. The number of esters is 1. The maximum atomic E-state index is 12.0. The van der Waals surface area contributed by atoms with E-state index >= 15 is 0 Å². The van der Waals surface area contributed by atoms with Gasteiger partial charge in [0.15, 0.2) is 0 Å². The summed E-state index contributed by atoms with van der Waals surface area (Å²) in [7, 11) is 0. The van der Waals surface area contributed by atoms with E-state index in [1.54, 1.807) is 17.7 Å². The molecule has 2 aromatic rings. The second-order valence-electron chi connectivity index (χ2n) is 5.50. The predicted octanol–water partition coefficient (Wildman–Crippen LogP) is 4.00. The average molecular weight is 336 g/mol. The van der Waals surface area contributed by atoms with E-state index in [1.165, 1.54) is 40.4 Å². The molecule has 0 spiro atoms. The van der Waals surface area contributed by atoms with Crippen molar-refractivity contribution in [3.05, 3.63) is 16.8 Å². The molecule has 1 atom stereocenters. The summed E-state index contributed by atoms with van der Waals surface area (Å²) < 4.78 is 5.23. The lowest BCUT2D eigenvalue weighted by Crippen LogP contribution is -2.17. The summed E-state index contributed by atoms with van der Waals surface area (Å²) in [5.41, 5.74) is 1.41. The molecule has 2 aromatic heterocycles. The number of ether oxygens (including phenoxy) is 1. The molecular formula is C16H20N2O2S2. The lowest BCUT2D eigenvalue weighted by atomic mass is 9.97. The van der Waals surface area contributed by atoms with Crippen LogP contribution in [0.15, 0.2) is 11.4 Å². The molecule has 6 heteroatoms. The van der Waals surface area contributed by atoms with Gasteiger partial charge < -0.3 is 4.74 Å². The van der Waals surface area contributed by atoms with E-state index in [0.717, 1.165) is 29.1 Å². The van der Waals surface area contributed by atoms with Crippen LogP contribution in [0, 0.1) is 0 Å². The summed E-state index contributed by atoms with van der Waals surface area (Å²) in [6.07, 6.45) is 7.19. The van der Waals surface area contributed by atoms with Gasteiger partial charge in [0.2, 0.25) is 0 Å². The first-order valence-electron chi connectivity index (χ1n) is 7.79. The quantitative estimate of drug-likeness (QED) is 0.469. The van der Waals surface area contributed by atoms with Gasteiger partial charge in [-0.2, -0.15) is 0 Å². The second-order valence-corrected chi connectivity index (χ2v) is 7.91. The van der Waals surface area contributed by atoms with Crippen LogP contribution >= 0.6 is 23.1 Å². The fourth-order valence-electron chi connectivity index (χ4n) is 2.69. The molecule has 1 aliphatic carbocycles. The van der Waals surface area contributed by atoms with Crippen molar-refractivity contribution in [3.8, 4) is 0 Å². The van der Waals surface area contributed by atoms with Gasteiger partial charge >= 0.3 is 5.97 Å². The molecular weight excluding hydrogens is 316 g/mol. The van der Waals surface area contributed by atoms with Crippen LogP contribution in [0.1, 0.15) is 43.6 Å². The average Bonchev–Trinajstić information content (AvgIpc) is 2.92. The Kier molecular flexibility index (Phi) is 4.98. The summed E-state index contributed by atoms with van der Waals surface area (Å²) in [4.78, 5) is 23.4. The molecule has 22 heavy (non-hydrogen) atoms. The third kappa shape index (κ3) is 3.13. The highest BCUT2D eigenvalue weighted by Crippen LogP contribution is 2.40. The number of rotatable bonds is 5. The largest absolute Gasteiger partial charge is 0.465 e. The number of carbonyl (C=O) groups is 1. The molecule has 0 saturated carbocycles. The standard InChI is InChI=1S/C16H20N2O2S2/c1-3-8-20-16(19)10(2)21-14-13-11-6-4-5-7-12(11)22-15(13)18-9-17-14/h9-10H,3-8H2,1-2H3/t10-/m0/s1. The van der Waals surface area contributed by atoms with Crippen LogP contribution in [0.25, 0.3) is 10.2 Å². The van der Waals surface area contributed by atoms with Crippen LogP contribution in [0.4, 0.5) is 0 Å². The van der Waals surface area contributed by atoms with Crippen molar-refractivity contribution in [1.29, 1.82) is 0 Å². The van der Waals surface area contributed by atoms with Gasteiger partial charge in [0, 0.05) is 10.3 Å². The topological polar surface area (TPSA) is 52.1 Å². The zero-order valence-corrected chi connectivity index (χ0v) is 14.6. The Labute approximate surface area is 138 Å². The van der Waals surface area contributed by atoms with Gasteiger partial charge in [-0.05, 0) is 44.6 Å². The number of fused-ring (bicyclic) bond motifs is 3. The number of hydrogen-bond acceptors (Lipinski definition) is 6. The Morgan fingerprint density at radius 3 is 3.05 bits per heavy atom. The molecule has 0 aliphatic heterocycles. The molecule has 3 rings (SSSR count). The van der Waals surface area contributed by atoms with Crippen LogP contribution in [-0.4, -0.2) is 27.8 Å². The number of hydrogen-bond donors (Lipinski definition) is 0. The molecule has 0 fully saturated rings. The maximum Gasteiger partial charge on any atom is 0.319 e. The highest BCUT2D eigenvalue weighted by molar-refractivity contribution is 8.00. The van der Waals surface area contributed by atoms with Gasteiger partial charge in [0.05, 0.1) is 6.61 Å². The highest BCUT2D eigenvalue weighted by atomic mass is 32.2. The first-order valence-corrected chi connectivity index (χ1v) is 9.48. The van der Waals surface area contributed by atoms with Crippen molar-refractivity contribution in [2.75, 3.05) is 6.61 Å². The SMILES string of the molecule is CCCOC(=O)[C@H](C)Sc1ncnc2sc3c(c12)CCCC3. The lowest BCUT2D eigenvalue weighted by Gasteiger charge is -2.13. The second kappa shape index (κ2) is 6.96. The summed E-state index contributed by atoms with van der Waals surface area (Å²) in [6, 6.07) is 0. The van der Waals surface area contributed by atoms with Crippen molar-refractivity contribution in [2.24, 2.45) is 0 Å². The minimum absolute atomic E-state index is 0.164. The van der Waals surface area contributed by atoms with Crippen molar-refractivity contribution < 1.29 is 9.53 Å². The number of aryl methyl sites for hydroxylation is 2. The molecule has 118 valence electrons. The molecule has 0 aromatic carbocycles. The predicted molar refractivity (Wildman–Crippen MR) is 90.6 cm³/mol. The Hall–Kier alpha value is -1.14. The minimum atomic E-state index is -0.246. The van der Waals surface area contributed by atoms with E-state index < -0.39 is 0 Å². The molecule has 0 radical (unpaired) electrons. The Balaban J connectivity index is 1.87. The Morgan fingerprint density at radius 2 is 2.23 bits per heavy atom. The van der Waals surface area contributed by atoms with E-state index in [-0.39, 0.29) is 11.2 Å². The maximum absolute atomic E-state index is 12.0. The summed E-state index contributed by atoms with van der Waals surface area (Å²) in [5, 5.41) is 1.84. The molecule has 1 aliphatic rings. The third-order valence-corrected chi connectivity index (χ3v) is 6.06. The number of thioether (sulfide) groups is 1. The van der Waals surface area contributed by atoms with Crippen molar-refractivity contribution in [2.45, 2.75) is 56.2 Å². The smallest absolute Gasteiger partial charge is 0.319 e. The number of nitrogens with zero attached hydrogens (tertiary/aromatic N) is 2. The number of carbonyl (C=O) groups excluding carboxylic acids is 1. The van der Waals surface area contributed by atoms with E-state index in [2.05, 4.69) is 9.97 Å². The number of thiophene rings is 1. The van der Waals surface area contributed by atoms with Crippen molar-refractivity contribution in [3.63, 3.8) is 0 Å². The zero-order chi connectivity index (χ0) is 15.5. The summed E-state index contributed by atoms with van der Waals surface area (Å²) in [5.74, 6) is -0.164. The van der Waals surface area contributed by atoms with Gasteiger partial charge in [0.25, 0.3) is 0 Å². The first-order chi connectivity index (χ1) is 10.7. The summed E-state index contributed by atoms with van der Waals surface area (Å²) in [6.45, 7) is 4.36. The number of aromatic nitrogens is 2. The fraction of sp³-hybridized carbons (Fsp3) is 0.562. The molecule has 0 saturated heterocycles. The van der Waals surface area contributed by atoms with Gasteiger partial charge in [0.1, 0.15) is 21.4 Å². The first kappa shape index (κ1) is 15.7. The van der Waals surface area contributed by atoms with Crippen LogP contribution in [0.5, 0.6) is 0 Å². The summed E-state index contributed by atoms with van der Waals surface area (Å²) >= 11 is 3.27. The van der Waals surface area contributed by atoms with Crippen molar-refractivity contribution in [1.82, 2.24) is 9.97 Å². The molecule has 0 amide bonds. The molecule has 0 N–H and O–H groups in total. The van der Waals surface area contributed by atoms with Crippen LogP contribution in [-0.2, 0) is 22.4 Å². The normalized spacial score (nSPS) is 15.5. The lowest BCUT2D eigenvalue weighted by molar-refractivity contribution is -0.142. The molecule has 2 heterocycles. The fourth-order valence-corrected chi connectivity index (χ4v) is 4.92. The van der Waals surface area contributed by atoms with E-state index in [9.17, 15) is 4.79 Å². The van der Waals surface area contributed by atoms with Gasteiger partial charge in [-0.3, -0.25) is 4.79 Å². The monoisotopic (exact) mass is 336 g/mol. The van der Waals surface area contributed by atoms with Crippen LogP contribution in [0.3, 0.4) is 0 Å².